The van der Waals surface area contributed by atoms with Crippen molar-refractivity contribution >= 4 is 27.6 Å². The van der Waals surface area contributed by atoms with Crippen molar-refractivity contribution in [2.24, 2.45) is 0 Å². The van der Waals surface area contributed by atoms with Crippen molar-refractivity contribution in [1.82, 2.24) is 0 Å². The summed E-state index contributed by atoms with van der Waals surface area (Å²) in [5.41, 5.74) is 2.58. The number of nitrogens with zero attached hydrogens (tertiary/aromatic N) is 1. The van der Waals surface area contributed by atoms with Gasteiger partial charge in [-0.3, -0.25) is 0 Å². The van der Waals surface area contributed by atoms with Crippen molar-refractivity contribution < 1.29 is 9.90 Å². The summed E-state index contributed by atoms with van der Waals surface area (Å²) in [6.07, 6.45) is 0. The van der Waals surface area contributed by atoms with E-state index in [4.69, 9.17) is 10.4 Å². The second kappa shape index (κ2) is 6.22. The van der Waals surface area contributed by atoms with Crippen molar-refractivity contribution in [3.8, 4) is 6.07 Å². The molecule has 0 saturated carbocycles. The molecule has 0 fully saturated rings. The maximum absolute atomic E-state index is 10.9. The molecule has 0 aliphatic heterocycles. The largest absolute Gasteiger partial charge is 0.478 e. The number of aromatic carboxylic acids is 1. The molecule has 100 valence electrons. The average Bonchev–Trinajstić information content (AvgIpc) is 2.45. The number of benzene rings is 2. The van der Waals surface area contributed by atoms with Crippen LogP contribution >= 0.6 is 15.9 Å². The van der Waals surface area contributed by atoms with Gasteiger partial charge < -0.3 is 10.4 Å². The molecule has 0 unspecified atom stereocenters. The van der Waals surface area contributed by atoms with Gasteiger partial charge in [-0.2, -0.15) is 5.26 Å². The topological polar surface area (TPSA) is 73.1 Å². The molecule has 2 aromatic carbocycles. The summed E-state index contributed by atoms with van der Waals surface area (Å²) in [4.78, 5) is 10.9. The van der Waals surface area contributed by atoms with Crippen molar-refractivity contribution in [3.05, 3.63) is 63.6 Å². The average molecular weight is 331 g/mol. The molecule has 2 aromatic rings. The van der Waals surface area contributed by atoms with Crippen molar-refractivity contribution in [1.29, 1.82) is 5.26 Å². The van der Waals surface area contributed by atoms with E-state index in [9.17, 15) is 4.79 Å². The standard InChI is InChI=1S/C15H11BrN2O2/c16-14-7-13(5-4-12(14)8-17)18-9-10-2-1-3-11(6-10)15(19)20/h1-7,18H,9H2,(H,19,20). The van der Waals surface area contributed by atoms with Crippen LogP contribution in [0, 0.1) is 11.3 Å². The number of nitrogens with one attached hydrogen (secondary N) is 1. The van der Waals surface area contributed by atoms with E-state index in [1.54, 1.807) is 24.3 Å². The first-order valence-corrected chi connectivity index (χ1v) is 6.65. The number of anilines is 1. The molecule has 0 aromatic heterocycles. The van der Waals surface area contributed by atoms with E-state index in [0.29, 0.717) is 12.1 Å². The fourth-order valence-electron chi connectivity index (χ4n) is 1.73. The van der Waals surface area contributed by atoms with Gasteiger partial charge in [0, 0.05) is 16.7 Å². The Bertz CT molecular complexity index is 693. The quantitative estimate of drug-likeness (QED) is 0.897. The first-order valence-electron chi connectivity index (χ1n) is 5.86. The molecule has 0 atom stereocenters. The highest BCUT2D eigenvalue weighted by atomic mass is 79.9. The Kier molecular flexibility index (Phi) is 4.38. The van der Waals surface area contributed by atoms with Gasteiger partial charge in [-0.15, -0.1) is 0 Å². The van der Waals surface area contributed by atoms with E-state index >= 15 is 0 Å². The van der Waals surface area contributed by atoms with Gasteiger partial charge in [-0.25, -0.2) is 4.79 Å². The first-order chi connectivity index (χ1) is 9.60. The van der Waals surface area contributed by atoms with E-state index in [-0.39, 0.29) is 5.56 Å². The molecule has 0 heterocycles. The monoisotopic (exact) mass is 330 g/mol. The van der Waals surface area contributed by atoms with Crippen LogP contribution in [0.5, 0.6) is 0 Å². The third-order valence-electron chi connectivity index (χ3n) is 2.76. The molecule has 5 heteroatoms. The van der Waals surface area contributed by atoms with Crippen LogP contribution in [0.4, 0.5) is 5.69 Å². The second-order valence-electron chi connectivity index (χ2n) is 4.17. The van der Waals surface area contributed by atoms with Crippen molar-refractivity contribution in [2.45, 2.75) is 6.54 Å². The molecule has 4 nitrogen and oxygen atoms in total. The summed E-state index contributed by atoms with van der Waals surface area (Å²) >= 11 is 3.32. The molecule has 0 bridgehead atoms. The summed E-state index contributed by atoms with van der Waals surface area (Å²) in [5, 5.41) is 21.0. The molecule has 0 amide bonds. The number of hydrogen-bond donors (Lipinski definition) is 2. The molecule has 20 heavy (non-hydrogen) atoms. The van der Waals surface area contributed by atoms with Crippen LogP contribution < -0.4 is 5.32 Å². The Morgan fingerprint density at radius 3 is 2.75 bits per heavy atom. The summed E-state index contributed by atoms with van der Waals surface area (Å²) in [6, 6.07) is 14.2. The number of carboxylic acid groups (broad SMARTS) is 1. The summed E-state index contributed by atoms with van der Waals surface area (Å²) in [6.45, 7) is 0.513. The Balaban J connectivity index is 2.09. The van der Waals surface area contributed by atoms with Crippen LogP contribution in [0.3, 0.4) is 0 Å². The van der Waals surface area contributed by atoms with E-state index in [2.05, 4.69) is 27.3 Å². The molecule has 0 radical (unpaired) electrons. The minimum Gasteiger partial charge on any atom is -0.478 e. The van der Waals surface area contributed by atoms with E-state index in [1.165, 1.54) is 0 Å². The highest BCUT2D eigenvalue weighted by Gasteiger charge is 2.04. The highest BCUT2D eigenvalue weighted by molar-refractivity contribution is 9.10. The normalized spacial score (nSPS) is 9.80. The van der Waals surface area contributed by atoms with Gasteiger partial charge in [0.05, 0.1) is 11.1 Å². The highest BCUT2D eigenvalue weighted by Crippen LogP contribution is 2.21. The Hall–Kier alpha value is -2.32. The van der Waals surface area contributed by atoms with Gasteiger partial charge in [0.2, 0.25) is 0 Å². The molecule has 0 saturated heterocycles. The Morgan fingerprint density at radius 1 is 1.30 bits per heavy atom. The van der Waals surface area contributed by atoms with Gasteiger partial charge in [-0.1, -0.05) is 12.1 Å². The SMILES string of the molecule is N#Cc1ccc(NCc2cccc(C(=O)O)c2)cc1Br. The van der Waals surface area contributed by atoms with E-state index in [1.807, 2.05) is 18.2 Å². The number of nitriles is 1. The zero-order valence-corrected chi connectivity index (χ0v) is 12.0. The van der Waals surface area contributed by atoms with Gasteiger partial charge in [0.15, 0.2) is 0 Å². The lowest BCUT2D eigenvalue weighted by Gasteiger charge is -2.08. The summed E-state index contributed by atoms with van der Waals surface area (Å²) in [5.74, 6) is -0.937. The molecular formula is C15H11BrN2O2. The molecule has 2 rings (SSSR count). The third kappa shape index (κ3) is 3.37. The zero-order chi connectivity index (χ0) is 14.5. The van der Waals surface area contributed by atoms with Gasteiger partial charge in [-0.05, 0) is 51.8 Å². The van der Waals surface area contributed by atoms with Crippen LogP contribution in [0.2, 0.25) is 0 Å². The van der Waals surface area contributed by atoms with Gasteiger partial charge >= 0.3 is 5.97 Å². The second-order valence-corrected chi connectivity index (χ2v) is 5.02. The zero-order valence-electron chi connectivity index (χ0n) is 10.4. The Morgan fingerprint density at radius 2 is 2.10 bits per heavy atom. The Labute approximate surface area is 124 Å². The molecule has 0 spiro atoms. The number of halogens is 1. The number of carboxylic acids is 1. The number of rotatable bonds is 4. The van der Waals surface area contributed by atoms with Crippen molar-refractivity contribution in [2.75, 3.05) is 5.32 Å². The van der Waals surface area contributed by atoms with Gasteiger partial charge in [0.1, 0.15) is 6.07 Å². The maximum atomic E-state index is 10.9. The minimum absolute atomic E-state index is 0.269. The van der Waals surface area contributed by atoms with Gasteiger partial charge in [0.25, 0.3) is 0 Å². The smallest absolute Gasteiger partial charge is 0.335 e. The predicted octanol–water partition coefficient (Wildman–Crippen LogP) is 3.63. The lowest BCUT2D eigenvalue weighted by molar-refractivity contribution is 0.0697. The van der Waals surface area contributed by atoms with Crippen LogP contribution in [0.15, 0.2) is 46.9 Å². The predicted molar refractivity (Wildman–Crippen MR) is 79.6 cm³/mol. The van der Waals surface area contributed by atoms with Crippen LogP contribution in [-0.2, 0) is 6.54 Å². The molecule has 0 aliphatic rings. The van der Waals surface area contributed by atoms with E-state index < -0.39 is 5.97 Å². The minimum atomic E-state index is -0.937. The number of hydrogen-bond acceptors (Lipinski definition) is 3. The maximum Gasteiger partial charge on any atom is 0.335 e. The molecular weight excluding hydrogens is 320 g/mol. The number of carbonyl (C=O) groups is 1. The van der Waals surface area contributed by atoms with Crippen LogP contribution in [0.1, 0.15) is 21.5 Å². The van der Waals surface area contributed by atoms with Crippen LogP contribution in [-0.4, -0.2) is 11.1 Å². The molecule has 0 aliphatic carbocycles. The summed E-state index contributed by atoms with van der Waals surface area (Å²) < 4.78 is 0.726. The van der Waals surface area contributed by atoms with Crippen molar-refractivity contribution in [3.63, 3.8) is 0 Å². The molecule has 2 N–H and O–H groups in total. The lowest BCUT2D eigenvalue weighted by atomic mass is 10.1. The van der Waals surface area contributed by atoms with Crippen LogP contribution in [0.25, 0.3) is 0 Å². The first kappa shape index (κ1) is 14.1. The summed E-state index contributed by atoms with van der Waals surface area (Å²) in [7, 11) is 0. The third-order valence-corrected chi connectivity index (χ3v) is 3.42. The lowest BCUT2D eigenvalue weighted by Crippen LogP contribution is -2.02. The fourth-order valence-corrected chi connectivity index (χ4v) is 2.20. The fraction of sp³-hybridized carbons (Fsp3) is 0.0667. The van der Waals surface area contributed by atoms with E-state index in [0.717, 1.165) is 15.7 Å².